The Balaban J connectivity index is 1.30. The van der Waals surface area contributed by atoms with Crippen LogP contribution in [0, 0.1) is 0 Å². The molecule has 4 heteroatoms. The molecule has 0 N–H and O–H groups in total. The summed E-state index contributed by atoms with van der Waals surface area (Å²) >= 11 is 0. The first-order valence-electron chi connectivity index (χ1n) is 15.0. The number of hydrogen-bond acceptors (Lipinski definition) is 4. The lowest BCUT2D eigenvalue weighted by Crippen LogP contribution is -2.29. The molecule has 4 aromatic rings. The van der Waals surface area contributed by atoms with E-state index in [1.807, 2.05) is 18.2 Å². The van der Waals surface area contributed by atoms with Crippen molar-refractivity contribution in [3.8, 4) is 5.75 Å². The van der Waals surface area contributed by atoms with Gasteiger partial charge in [0.15, 0.2) is 5.75 Å². The van der Waals surface area contributed by atoms with Crippen molar-refractivity contribution in [3.63, 3.8) is 0 Å². The van der Waals surface area contributed by atoms with E-state index in [1.165, 1.54) is 39.0 Å². The van der Waals surface area contributed by atoms with Gasteiger partial charge in [-0.3, -0.25) is 0 Å². The van der Waals surface area contributed by atoms with Crippen LogP contribution in [-0.2, 0) is 12.8 Å². The van der Waals surface area contributed by atoms with Gasteiger partial charge in [-0.25, -0.2) is 0 Å². The molecular weight excluding hydrogens is 504 g/mol. The van der Waals surface area contributed by atoms with E-state index in [1.54, 1.807) is 0 Å². The number of hydrogen-bond donors (Lipinski definition) is 0. The number of aryl methyl sites for hydroxylation is 2. The summed E-state index contributed by atoms with van der Waals surface area (Å²) in [6, 6.07) is 25.5. The minimum Gasteiger partial charge on any atom is -0.456 e. The highest BCUT2D eigenvalue weighted by Crippen LogP contribution is 2.42. The molecular formula is C37H36N2O2. The number of fused-ring (bicyclic) bond motifs is 3. The van der Waals surface area contributed by atoms with Gasteiger partial charge in [-0.15, -0.1) is 0 Å². The number of benzene rings is 3. The number of allylic oxidation sites excluding steroid dienone is 5. The number of furan rings is 1. The molecule has 0 unspecified atom stereocenters. The third kappa shape index (κ3) is 4.58. The van der Waals surface area contributed by atoms with Crippen molar-refractivity contribution in [2.75, 3.05) is 22.9 Å². The largest absolute Gasteiger partial charge is 0.456 e. The summed E-state index contributed by atoms with van der Waals surface area (Å²) in [5.74, 6) is 2.78. The molecule has 7 rings (SSSR count). The maximum absolute atomic E-state index is 6.31. The van der Waals surface area contributed by atoms with Crippen LogP contribution in [0.4, 0.5) is 11.4 Å². The van der Waals surface area contributed by atoms with Gasteiger partial charge >= 0.3 is 0 Å². The molecule has 0 bridgehead atoms. The van der Waals surface area contributed by atoms with E-state index in [4.69, 9.17) is 9.15 Å². The zero-order chi connectivity index (χ0) is 27.8. The topological polar surface area (TPSA) is 28.9 Å². The number of nitrogens with zero attached hydrogens (tertiary/aromatic N) is 2. The second-order valence-corrected chi connectivity index (χ2v) is 10.9. The quantitative estimate of drug-likeness (QED) is 0.244. The summed E-state index contributed by atoms with van der Waals surface area (Å²) in [5.41, 5.74) is 10.2. The van der Waals surface area contributed by atoms with Crippen LogP contribution in [-0.4, -0.2) is 13.1 Å². The van der Waals surface area contributed by atoms with Gasteiger partial charge in [-0.05, 0) is 92.2 Å². The lowest BCUT2D eigenvalue weighted by Gasteiger charge is -2.33. The maximum atomic E-state index is 6.31. The Bertz CT molecular complexity index is 1730. The summed E-state index contributed by atoms with van der Waals surface area (Å²) in [7, 11) is 0. The fourth-order valence-electron chi connectivity index (χ4n) is 6.62. The Kier molecular flexibility index (Phi) is 6.76. The van der Waals surface area contributed by atoms with Crippen LogP contribution in [0.5, 0.6) is 5.75 Å². The van der Waals surface area contributed by atoms with Gasteiger partial charge in [-0.1, -0.05) is 67.6 Å². The highest BCUT2D eigenvalue weighted by Gasteiger charge is 2.29. The second-order valence-electron chi connectivity index (χ2n) is 10.9. The predicted octanol–water partition coefficient (Wildman–Crippen LogP) is 9.20. The van der Waals surface area contributed by atoms with Crippen molar-refractivity contribution in [3.05, 3.63) is 131 Å². The molecule has 0 radical (unpaired) electrons. The van der Waals surface area contributed by atoms with Crippen molar-refractivity contribution in [2.24, 2.45) is 0 Å². The van der Waals surface area contributed by atoms with Crippen LogP contribution < -0.4 is 14.5 Å². The van der Waals surface area contributed by atoms with E-state index >= 15 is 0 Å². The first-order valence-corrected chi connectivity index (χ1v) is 15.0. The van der Waals surface area contributed by atoms with E-state index in [2.05, 4.69) is 103 Å². The van der Waals surface area contributed by atoms with Gasteiger partial charge in [0.2, 0.25) is 5.88 Å². The van der Waals surface area contributed by atoms with Gasteiger partial charge in [0.1, 0.15) is 11.3 Å². The van der Waals surface area contributed by atoms with Gasteiger partial charge in [0.25, 0.3) is 0 Å². The van der Waals surface area contributed by atoms with Crippen molar-refractivity contribution < 1.29 is 9.15 Å². The molecule has 1 aliphatic carbocycles. The highest BCUT2D eigenvalue weighted by molar-refractivity contribution is 5.85. The third-order valence-electron chi connectivity index (χ3n) is 8.55. The standard InChI is InChI=1S/C37H36N2O2/c1-3-29-30-14-6-9-17-33(30)40-34(29)23-21-27-19-20-28(37(27)39-25-11-13-26-12-5-7-15-31(26)39)22-24-36-38(4-2)32-16-8-10-18-35(32)41-36/h5-10,12,14-18,21-24H,3-4,11,13,19-20,25H2,1-2H3/b23-21+,28-22+,36-24+. The monoisotopic (exact) mass is 540 g/mol. The molecule has 4 nitrogen and oxygen atoms in total. The molecule has 0 amide bonds. The first-order chi connectivity index (χ1) is 20.2. The van der Waals surface area contributed by atoms with E-state index in [-0.39, 0.29) is 0 Å². The van der Waals surface area contributed by atoms with Gasteiger partial charge in [0, 0.05) is 35.4 Å². The molecule has 0 saturated carbocycles. The van der Waals surface area contributed by atoms with Crippen molar-refractivity contribution >= 4 is 28.4 Å². The SMILES string of the molecule is CCc1c(/C=C/C2=C(N3CCCc4ccccc43)C(=C/C=C3/Oc4ccccc4N3CC)/CC2)oc2ccccc12. The Labute approximate surface area is 242 Å². The summed E-state index contributed by atoms with van der Waals surface area (Å²) < 4.78 is 12.6. The number of para-hydroxylation sites is 4. The molecule has 2 aliphatic heterocycles. The lowest BCUT2D eigenvalue weighted by atomic mass is 9.99. The van der Waals surface area contributed by atoms with Gasteiger partial charge in [0.05, 0.1) is 5.69 Å². The Morgan fingerprint density at radius 1 is 0.805 bits per heavy atom. The highest BCUT2D eigenvalue weighted by atomic mass is 16.5. The normalized spacial score (nSPS) is 18.7. The van der Waals surface area contributed by atoms with Crippen LogP contribution in [0.25, 0.3) is 17.0 Å². The Morgan fingerprint density at radius 3 is 2.49 bits per heavy atom. The molecule has 206 valence electrons. The molecule has 0 spiro atoms. The lowest BCUT2D eigenvalue weighted by molar-refractivity contribution is 0.440. The molecule has 1 aromatic heterocycles. The van der Waals surface area contributed by atoms with E-state index < -0.39 is 0 Å². The third-order valence-corrected chi connectivity index (χ3v) is 8.55. The molecule has 3 aromatic carbocycles. The van der Waals surface area contributed by atoms with E-state index in [9.17, 15) is 0 Å². The summed E-state index contributed by atoms with van der Waals surface area (Å²) in [5, 5.41) is 1.21. The fraction of sp³-hybridized carbons (Fsp3) is 0.243. The molecule has 3 heterocycles. The number of ether oxygens (including phenoxy) is 1. The maximum Gasteiger partial charge on any atom is 0.200 e. The molecule has 3 aliphatic rings. The molecule has 0 saturated heterocycles. The molecule has 41 heavy (non-hydrogen) atoms. The van der Waals surface area contributed by atoms with Crippen LogP contribution in [0.1, 0.15) is 50.0 Å². The van der Waals surface area contributed by atoms with Crippen LogP contribution >= 0.6 is 0 Å². The summed E-state index contributed by atoms with van der Waals surface area (Å²) in [4.78, 5) is 4.80. The predicted molar refractivity (Wildman–Crippen MR) is 169 cm³/mol. The average Bonchev–Trinajstić information content (AvgIpc) is 3.70. The first kappa shape index (κ1) is 25.5. The number of anilines is 2. The zero-order valence-corrected chi connectivity index (χ0v) is 23.9. The minimum absolute atomic E-state index is 0.861. The smallest absolute Gasteiger partial charge is 0.200 e. The zero-order valence-electron chi connectivity index (χ0n) is 23.9. The Morgan fingerprint density at radius 2 is 1.61 bits per heavy atom. The number of rotatable bonds is 6. The Hall–Kier alpha value is -4.44. The molecule has 0 fully saturated rings. The summed E-state index contributed by atoms with van der Waals surface area (Å²) in [6.07, 6.45) is 14.2. The summed E-state index contributed by atoms with van der Waals surface area (Å²) in [6.45, 7) is 6.26. The van der Waals surface area contributed by atoms with Crippen molar-refractivity contribution in [1.82, 2.24) is 0 Å². The van der Waals surface area contributed by atoms with Crippen molar-refractivity contribution in [1.29, 1.82) is 0 Å². The van der Waals surface area contributed by atoms with Crippen LogP contribution in [0.15, 0.2) is 118 Å². The van der Waals surface area contributed by atoms with Crippen LogP contribution in [0.3, 0.4) is 0 Å². The van der Waals surface area contributed by atoms with Crippen molar-refractivity contribution in [2.45, 2.75) is 46.0 Å². The van der Waals surface area contributed by atoms with Crippen LogP contribution in [0.2, 0.25) is 0 Å². The molecule has 0 atom stereocenters. The fourth-order valence-corrected chi connectivity index (χ4v) is 6.62. The minimum atomic E-state index is 0.861. The average molecular weight is 541 g/mol. The van der Waals surface area contributed by atoms with E-state index in [0.717, 1.165) is 73.9 Å². The second kappa shape index (κ2) is 10.9. The van der Waals surface area contributed by atoms with E-state index in [0.29, 0.717) is 0 Å². The van der Waals surface area contributed by atoms with Gasteiger partial charge < -0.3 is 19.0 Å². The van der Waals surface area contributed by atoms with Gasteiger partial charge in [-0.2, -0.15) is 0 Å².